The molecule has 1 aliphatic heterocycles. The van der Waals surface area contributed by atoms with Crippen LogP contribution < -0.4 is 5.53 Å². The second-order valence-electron chi connectivity index (χ2n) is 6.48. The molecule has 0 amide bonds. The van der Waals surface area contributed by atoms with Gasteiger partial charge >= 0.3 is 0 Å². The van der Waals surface area contributed by atoms with Crippen molar-refractivity contribution >= 4 is 5.71 Å². The van der Waals surface area contributed by atoms with E-state index in [0.29, 0.717) is 0 Å². The van der Waals surface area contributed by atoms with Crippen LogP contribution in [0.5, 0.6) is 0 Å². The summed E-state index contributed by atoms with van der Waals surface area (Å²) in [4.78, 5) is 0. The molecular formula is C19H37N3O3. The van der Waals surface area contributed by atoms with Crippen LogP contribution in [-0.4, -0.2) is 44.6 Å². The van der Waals surface area contributed by atoms with Crippen LogP contribution in [0.4, 0.5) is 0 Å². The van der Waals surface area contributed by atoms with Crippen molar-refractivity contribution in [3.05, 3.63) is 12.3 Å². The van der Waals surface area contributed by atoms with E-state index >= 15 is 0 Å². The van der Waals surface area contributed by atoms with E-state index in [1.54, 1.807) is 21.3 Å². The zero-order valence-electron chi connectivity index (χ0n) is 16.6. The predicted molar refractivity (Wildman–Crippen MR) is 102 cm³/mol. The van der Waals surface area contributed by atoms with Gasteiger partial charge in [-0.2, -0.15) is 5.10 Å². The number of methoxy groups -OCH3 is 3. The van der Waals surface area contributed by atoms with Gasteiger partial charge in [-0.3, -0.25) is 5.01 Å². The average Bonchev–Trinajstić information content (AvgIpc) is 2.65. The van der Waals surface area contributed by atoms with Crippen molar-refractivity contribution < 1.29 is 14.2 Å². The number of hydrazone groups is 1. The Kier molecular flexibility index (Phi) is 11.5. The van der Waals surface area contributed by atoms with Crippen LogP contribution in [-0.2, 0) is 14.2 Å². The molecule has 1 N–H and O–H groups in total. The number of rotatable bonds is 15. The molecular weight excluding hydrogens is 318 g/mol. The van der Waals surface area contributed by atoms with E-state index in [9.17, 15) is 0 Å². The van der Waals surface area contributed by atoms with Crippen molar-refractivity contribution in [2.75, 3.05) is 27.9 Å². The van der Waals surface area contributed by atoms with Gasteiger partial charge in [-0.25, -0.2) is 5.53 Å². The van der Waals surface area contributed by atoms with Crippen LogP contribution in [0.25, 0.3) is 0 Å². The third-order valence-corrected chi connectivity index (χ3v) is 4.59. The van der Waals surface area contributed by atoms with Gasteiger partial charge in [-0.15, -0.1) is 0 Å². The lowest BCUT2D eigenvalue weighted by Crippen LogP contribution is -2.35. The Morgan fingerprint density at radius 2 is 1.56 bits per heavy atom. The smallest absolute Gasteiger partial charge is 0.282 e. The number of hydrogen-bond acceptors (Lipinski definition) is 6. The maximum Gasteiger partial charge on any atom is 0.282 e. The van der Waals surface area contributed by atoms with E-state index in [-0.39, 0.29) is 0 Å². The predicted octanol–water partition coefficient (Wildman–Crippen LogP) is 4.19. The molecule has 1 heterocycles. The normalized spacial score (nSPS) is 14.6. The molecule has 0 atom stereocenters. The van der Waals surface area contributed by atoms with Gasteiger partial charge in [-0.1, -0.05) is 45.4 Å². The second-order valence-corrected chi connectivity index (χ2v) is 6.48. The number of hydrogen-bond donors (Lipinski definition) is 1. The molecule has 0 radical (unpaired) electrons. The molecule has 0 spiro atoms. The van der Waals surface area contributed by atoms with E-state index in [2.05, 4.69) is 34.8 Å². The first-order valence-corrected chi connectivity index (χ1v) is 9.62. The SMILES string of the molecule is CCCC1=NNN(CCCCCCCCCC(OC)(OC)OC)C=C1. The summed E-state index contributed by atoms with van der Waals surface area (Å²) in [5.41, 5.74) is 4.24. The van der Waals surface area contributed by atoms with E-state index in [1.165, 1.54) is 38.5 Å². The van der Waals surface area contributed by atoms with Gasteiger partial charge in [0, 0.05) is 40.5 Å². The molecule has 146 valence electrons. The lowest BCUT2D eigenvalue weighted by atomic mass is 10.1. The minimum absolute atomic E-state index is 0.768. The maximum absolute atomic E-state index is 5.30. The first-order chi connectivity index (χ1) is 12.2. The van der Waals surface area contributed by atoms with E-state index in [4.69, 9.17) is 14.2 Å². The summed E-state index contributed by atoms with van der Waals surface area (Å²) < 4.78 is 15.9. The number of ether oxygens (including phenoxy) is 3. The van der Waals surface area contributed by atoms with E-state index in [1.807, 2.05) is 0 Å². The lowest BCUT2D eigenvalue weighted by molar-refractivity contribution is -0.355. The summed E-state index contributed by atoms with van der Waals surface area (Å²) in [6, 6.07) is 0. The first kappa shape index (κ1) is 21.9. The fourth-order valence-corrected chi connectivity index (χ4v) is 2.96. The minimum atomic E-state index is -0.867. The van der Waals surface area contributed by atoms with Crippen molar-refractivity contribution in [3.63, 3.8) is 0 Å². The molecule has 0 unspecified atom stereocenters. The molecule has 0 aliphatic carbocycles. The zero-order chi connectivity index (χ0) is 18.4. The van der Waals surface area contributed by atoms with Crippen LogP contribution in [0.15, 0.2) is 17.4 Å². The highest BCUT2D eigenvalue weighted by Gasteiger charge is 2.28. The number of allylic oxidation sites excluding steroid dienone is 1. The molecule has 0 aromatic rings. The van der Waals surface area contributed by atoms with Crippen molar-refractivity contribution in [1.82, 2.24) is 10.5 Å². The zero-order valence-corrected chi connectivity index (χ0v) is 16.6. The summed E-state index contributed by atoms with van der Waals surface area (Å²) in [5.74, 6) is -0.867. The third-order valence-electron chi connectivity index (χ3n) is 4.59. The Balaban J connectivity index is 1.95. The van der Waals surface area contributed by atoms with Gasteiger partial charge in [0.25, 0.3) is 5.97 Å². The summed E-state index contributed by atoms with van der Waals surface area (Å²) in [6.07, 6.45) is 15.7. The highest BCUT2D eigenvalue weighted by molar-refractivity contribution is 5.94. The van der Waals surface area contributed by atoms with Gasteiger partial charge in [0.1, 0.15) is 0 Å². The summed E-state index contributed by atoms with van der Waals surface area (Å²) in [7, 11) is 4.86. The lowest BCUT2D eigenvalue weighted by Gasteiger charge is -2.28. The second kappa shape index (κ2) is 13.1. The first-order valence-electron chi connectivity index (χ1n) is 9.62. The van der Waals surface area contributed by atoms with Gasteiger partial charge in [0.15, 0.2) is 0 Å². The number of unbranched alkanes of at least 4 members (excludes halogenated alkanes) is 6. The fraction of sp³-hybridized carbons (Fsp3) is 0.842. The van der Waals surface area contributed by atoms with Gasteiger partial charge in [-0.05, 0) is 25.3 Å². The van der Waals surface area contributed by atoms with Crippen LogP contribution in [0.2, 0.25) is 0 Å². The molecule has 6 nitrogen and oxygen atoms in total. The van der Waals surface area contributed by atoms with Crippen molar-refractivity contribution in [2.24, 2.45) is 5.10 Å². The molecule has 1 aliphatic rings. The minimum Gasteiger partial charge on any atom is -0.331 e. The fourth-order valence-electron chi connectivity index (χ4n) is 2.96. The largest absolute Gasteiger partial charge is 0.331 e. The van der Waals surface area contributed by atoms with Crippen LogP contribution >= 0.6 is 0 Å². The molecule has 0 fully saturated rings. The van der Waals surface area contributed by atoms with Gasteiger partial charge in [0.05, 0.1) is 5.71 Å². The van der Waals surface area contributed by atoms with Crippen molar-refractivity contribution in [3.8, 4) is 0 Å². The average molecular weight is 356 g/mol. The maximum atomic E-state index is 5.30. The number of nitrogens with one attached hydrogen (secondary N) is 1. The Morgan fingerprint density at radius 3 is 2.08 bits per heavy atom. The standard InChI is InChI=1S/C19H37N3O3/c1-5-13-18-14-17-22(21-20-18)16-12-10-8-6-7-9-11-15-19(23-2,24-3)25-4/h14,17,21H,5-13,15-16H2,1-4H3. The molecule has 1 rings (SSSR count). The van der Waals surface area contributed by atoms with Crippen LogP contribution in [0.3, 0.4) is 0 Å². The Labute approximate surface area is 153 Å². The Hall–Kier alpha value is -1.11. The highest BCUT2D eigenvalue weighted by atomic mass is 16.9. The Morgan fingerprint density at radius 1 is 0.960 bits per heavy atom. The number of hydrazine groups is 1. The molecule has 25 heavy (non-hydrogen) atoms. The van der Waals surface area contributed by atoms with E-state index < -0.39 is 5.97 Å². The Bertz CT molecular complexity index is 387. The van der Waals surface area contributed by atoms with Crippen LogP contribution in [0.1, 0.15) is 71.1 Å². The molecule has 0 aromatic heterocycles. The summed E-state index contributed by atoms with van der Waals surface area (Å²) in [6.45, 7) is 3.18. The quantitative estimate of drug-likeness (QED) is 0.353. The summed E-state index contributed by atoms with van der Waals surface area (Å²) in [5, 5.41) is 6.43. The number of nitrogens with zero attached hydrogens (tertiary/aromatic N) is 2. The van der Waals surface area contributed by atoms with E-state index in [0.717, 1.165) is 37.9 Å². The van der Waals surface area contributed by atoms with Gasteiger partial charge in [0.2, 0.25) is 0 Å². The van der Waals surface area contributed by atoms with Gasteiger partial charge < -0.3 is 14.2 Å². The summed E-state index contributed by atoms with van der Waals surface area (Å²) >= 11 is 0. The molecule has 0 saturated heterocycles. The van der Waals surface area contributed by atoms with Crippen molar-refractivity contribution in [1.29, 1.82) is 0 Å². The molecule has 0 bridgehead atoms. The van der Waals surface area contributed by atoms with Crippen molar-refractivity contribution in [2.45, 2.75) is 77.1 Å². The molecule has 0 saturated carbocycles. The molecule has 6 heteroatoms. The monoisotopic (exact) mass is 355 g/mol. The topological polar surface area (TPSA) is 55.3 Å². The highest BCUT2D eigenvalue weighted by Crippen LogP contribution is 2.21. The molecule has 0 aromatic carbocycles. The van der Waals surface area contributed by atoms with Crippen LogP contribution in [0, 0.1) is 0 Å². The third kappa shape index (κ3) is 8.70.